The lowest BCUT2D eigenvalue weighted by Crippen LogP contribution is -1.99. The summed E-state index contributed by atoms with van der Waals surface area (Å²) in [5, 5.41) is 0. The van der Waals surface area contributed by atoms with Gasteiger partial charge in [-0.3, -0.25) is 0 Å². The smallest absolute Gasteiger partial charge is 0.160 e. The Morgan fingerprint density at radius 2 is 0.860 bits per heavy atom. The molecule has 0 atom stereocenters. The van der Waals surface area contributed by atoms with Gasteiger partial charge < -0.3 is 0 Å². The molecule has 8 rings (SSSR count). The highest BCUT2D eigenvalue weighted by molar-refractivity contribution is 5.81. The van der Waals surface area contributed by atoms with E-state index in [0.717, 1.165) is 39.5 Å². The van der Waals surface area contributed by atoms with Crippen molar-refractivity contribution in [1.82, 2.24) is 9.97 Å². The van der Waals surface area contributed by atoms with Crippen LogP contribution in [0.15, 0.2) is 164 Å². The van der Waals surface area contributed by atoms with Crippen molar-refractivity contribution < 1.29 is 0 Å². The minimum atomic E-state index is 0.251. The van der Waals surface area contributed by atoms with Gasteiger partial charge >= 0.3 is 0 Å². The average Bonchev–Trinajstić information content (AvgIpc) is 3.43. The van der Waals surface area contributed by atoms with Gasteiger partial charge in [-0.05, 0) is 51.1 Å². The van der Waals surface area contributed by atoms with E-state index in [4.69, 9.17) is 9.97 Å². The topological polar surface area (TPSA) is 25.8 Å². The van der Waals surface area contributed by atoms with Crippen LogP contribution in [0.2, 0.25) is 0 Å². The Morgan fingerprint density at radius 3 is 1.51 bits per heavy atom. The fourth-order valence-electron chi connectivity index (χ4n) is 6.31. The molecule has 0 spiro atoms. The second kappa shape index (κ2) is 10.7. The monoisotopic (exact) mass is 548 g/mol. The first-order chi connectivity index (χ1) is 21.3. The van der Waals surface area contributed by atoms with Crippen LogP contribution in [0.25, 0.3) is 56.2 Å². The Balaban J connectivity index is 1.17. The predicted octanol–water partition coefficient (Wildman–Crippen LogP) is 10.3. The largest absolute Gasteiger partial charge is 0.228 e. The third kappa shape index (κ3) is 4.64. The summed E-state index contributed by atoms with van der Waals surface area (Å²) >= 11 is 0. The molecule has 2 heteroatoms. The predicted molar refractivity (Wildman–Crippen MR) is 177 cm³/mol. The first kappa shape index (κ1) is 25.1. The maximum Gasteiger partial charge on any atom is 0.160 e. The number of nitrogens with zero attached hydrogens (tertiary/aromatic N) is 2. The summed E-state index contributed by atoms with van der Waals surface area (Å²) in [6.45, 7) is 0. The van der Waals surface area contributed by atoms with Crippen molar-refractivity contribution in [2.75, 3.05) is 0 Å². The van der Waals surface area contributed by atoms with Crippen LogP contribution < -0.4 is 0 Å². The van der Waals surface area contributed by atoms with Gasteiger partial charge in [-0.25, -0.2) is 9.97 Å². The minimum absolute atomic E-state index is 0.251. The van der Waals surface area contributed by atoms with Gasteiger partial charge in [-0.1, -0.05) is 152 Å². The molecule has 2 nitrogen and oxygen atoms in total. The van der Waals surface area contributed by atoms with Crippen LogP contribution in [0.1, 0.15) is 22.6 Å². The van der Waals surface area contributed by atoms with Gasteiger partial charge in [0.25, 0.3) is 0 Å². The zero-order chi connectivity index (χ0) is 28.6. The number of aromatic nitrogens is 2. The van der Waals surface area contributed by atoms with Crippen LogP contribution in [-0.4, -0.2) is 9.97 Å². The third-order valence-electron chi connectivity index (χ3n) is 8.40. The van der Waals surface area contributed by atoms with Crippen molar-refractivity contribution in [3.8, 4) is 56.2 Å². The molecular weight excluding hydrogens is 520 g/mol. The van der Waals surface area contributed by atoms with Crippen LogP contribution >= 0.6 is 0 Å². The van der Waals surface area contributed by atoms with Crippen molar-refractivity contribution in [3.63, 3.8) is 0 Å². The Kier molecular flexibility index (Phi) is 6.23. The molecule has 0 unspecified atom stereocenters. The number of rotatable bonds is 5. The van der Waals surface area contributed by atoms with Crippen LogP contribution in [0.3, 0.4) is 0 Å². The average molecular weight is 549 g/mol. The zero-order valence-electron chi connectivity index (χ0n) is 23.6. The molecule has 6 aromatic carbocycles. The molecule has 7 aromatic rings. The van der Waals surface area contributed by atoms with Crippen molar-refractivity contribution >= 4 is 0 Å². The molecule has 0 saturated heterocycles. The normalized spacial score (nSPS) is 12.1. The molecule has 0 radical (unpaired) electrons. The molecule has 43 heavy (non-hydrogen) atoms. The van der Waals surface area contributed by atoms with Crippen molar-refractivity contribution in [2.45, 2.75) is 5.92 Å². The molecule has 1 aromatic heterocycles. The third-order valence-corrected chi connectivity index (χ3v) is 8.40. The molecule has 0 amide bonds. The summed E-state index contributed by atoms with van der Waals surface area (Å²) in [6, 6.07) is 58.0. The van der Waals surface area contributed by atoms with Gasteiger partial charge in [0, 0.05) is 22.6 Å². The first-order valence-corrected chi connectivity index (χ1v) is 14.7. The number of hydrogen-bond donors (Lipinski definition) is 0. The molecule has 0 saturated carbocycles. The van der Waals surface area contributed by atoms with Crippen molar-refractivity contribution in [3.05, 3.63) is 180 Å². The fourth-order valence-corrected chi connectivity index (χ4v) is 6.31. The van der Waals surface area contributed by atoms with Gasteiger partial charge in [-0.2, -0.15) is 0 Å². The van der Waals surface area contributed by atoms with Gasteiger partial charge in [0.05, 0.1) is 11.4 Å². The summed E-state index contributed by atoms with van der Waals surface area (Å²) in [4.78, 5) is 9.98. The molecule has 1 aliphatic rings. The number of fused-ring (bicyclic) bond motifs is 3. The molecule has 0 fully saturated rings. The van der Waals surface area contributed by atoms with Crippen LogP contribution in [0.4, 0.5) is 0 Å². The Labute approximate surface area is 252 Å². The van der Waals surface area contributed by atoms with E-state index in [1.807, 2.05) is 36.4 Å². The molecule has 1 aliphatic carbocycles. The van der Waals surface area contributed by atoms with E-state index in [1.165, 1.54) is 33.4 Å². The van der Waals surface area contributed by atoms with Crippen molar-refractivity contribution in [1.29, 1.82) is 0 Å². The molecule has 0 N–H and O–H groups in total. The van der Waals surface area contributed by atoms with E-state index in [1.54, 1.807) is 0 Å². The van der Waals surface area contributed by atoms with Crippen LogP contribution in [0, 0.1) is 0 Å². The molecule has 202 valence electrons. The van der Waals surface area contributed by atoms with E-state index in [2.05, 4.69) is 127 Å². The van der Waals surface area contributed by atoms with Crippen LogP contribution in [-0.2, 0) is 0 Å². The highest BCUT2D eigenvalue weighted by Gasteiger charge is 2.29. The quantitative estimate of drug-likeness (QED) is 0.214. The van der Waals surface area contributed by atoms with Gasteiger partial charge in [-0.15, -0.1) is 0 Å². The lowest BCUT2D eigenvalue weighted by atomic mass is 9.88. The number of benzene rings is 6. The summed E-state index contributed by atoms with van der Waals surface area (Å²) < 4.78 is 0. The first-order valence-electron chi connectivity index (χ1n) is 14.7. The maximum absolute atomic E-state index is 5.03. The minimum Gasteiger partial charge on any atom is -0.228 e. The molecule has 0 bridgehead atoms. The van der Waals surface area contributed by atoms with Crippen LogP contribution in [0.5, 0.6) is 0 Å². The van der Waals surface area contributed by atoms with E-state index >= 15 is 0 Å². The van der Waals surface area contributed by atoms with E-state index in [-0.39, 0.29) is 5.92 Å². The second-order valence-electron chi connectivity index (χ2n) is 11.0. The summed E-state index contributed by atoms with van der Waals surface area (Å²) in [5.41, 5.74) is 14.1. The molecule has 1 heterocycles. The molecular formula is C41H28N2. The highest BCUT2D eigenvalue weighted by Crippen LogP contribution is 2.47. The SMILES string of the molecule is c1ccc(-c2cc(-c3cccc(-c4ccc(C5c6ccccc6-c6ccccc65)cc4)c3)nc(-c3ccccc3)n2)cc1. The lowest BCUT2D eigenvalue weighted by molar-refractivity contribution is 1.02. The molecule has 0 aliphatic heterocycles. The Hall–Kier alpha value is -5.60. The van der Waals surface area contributed by atoms with Gasteiger partial charge in [0.15, 0.2) is 5.82 Å². The maximum atomic E-state index is 5.03. The summed E-state index contributed by atoms with van der Waals surface area (Å²) in [6.07, 6.45) is 0. The Morgan fingerprint density at radius 1 is 0.349 bits per heavy atom. The highest BCUT2D eigenvalue weighted by atomic mass is 14.9. The summed E-state index contributed by atoms with van der Waals surface area (Å²) in [5.74, 6) is 0.977. The van der Waals surface area contributed by atoms with Crippen molar-refractivity contribution in [2.24, 2.45) is 0 Å². The van der Waals surface area contributed by atoms with Gasteiger partial charge in [0.2, 0.25) is 0 Å². The van der Waals surface area contributed by atoms with E-state index in [0.29, 0.717) is 0 Å². The standard InChI is InChI=1S/C41H28N2/c1-3-12-29(13-4-1)38-27-39(43-41(42-38)31-14-5-2-6-15-31)33-17-11-16-32(26-33)28-22-24-30(25-23-28)40-36-20-9-7-18-34(36)35-19-8-10-21-37(35)40/h1-27,40H. The van der Waals surface area contributed by atoms with Gasteiger partial charge in [0.1, 0.15) is 0 Å². The lowest BCUT2D eigenvalue weighted by Gasteiger charge is -2.15. The van der Waals surface area contributed by atoms with E-state index in [9.17, 15) is 0 Å². The second-order valence-corrected chi connectivity index (χ2v) is 11.0. The number of hydrogen-bond acceptors (Lipinski definition) is 2. The summed E-state index contributed by atoms with van der Waals surface area (Å²) in [7, 11) is 0. The van der Waals surface area contributed by atoms with E-state index < -0.39 is 0 Å². The zero-order valence-corrected chi connectivity index (χ0v) is 23.6. The fraction of sp³-hybridized carbons (Fsp3) is 0.0244. The Bertz CT molecular complexity index is 1960.